The third kappa shape index (κ3) is 1.36. The SMILES string of the molecule is NCC1(c2nnc3c4[nH]cnc4ncn23)CCCC1. The molecule has 0 amide bonds. The van der Waals surface area contributed by atoms with Crippen molar-refractivity contribution in [3.05, 3.63) is 18.5 Å². The molecule has 3 aromatic heterocycles. The first-order valence-electron chi connectivity index (χ1n) is 6.57. The van der Waals surface area contributed by atoms with Crippen LogP contribution in [-0.4, -0.2) is 36.1 Å². The van der Waals surface area contributed by atoms with Crippen molar-refractivity contribution in [2.75, 3.05) is 6.54 Å². The lowest BCUT2D eigenvalue weighted by atomic mass is 9.85. The van der Waals surface area contributed by atoms with Crippen LogP contribution >= 0.6 is 0 Å². The maximum absolute atomic E-state index is 6.02. The number of hydrogen-bond acceptors (Lipinski definition) is 5. The molecule has 0 aliphatic heterocycles. The van der Waals surface area contributed by atoms with Crippen molar-refractivity contribution in [3.63, 3.8) is 0 Å². The molecule has 7 heteroatoms. The van der Waals surface area contributed by atoms with Crippen molar-refractivity contribution < 1.29 is 0 Å². The fourth-order valence-electron chi connectivity index (χ4n) is 3.17. The molecule has 1 aliphatic rings. The van der Waals surface area contributed by atoms with Crippen LogP contribution in [0.3, 0.4) is 0 Å². The lowest BCUT2D eigenvalue weighted by Gasteiger charge is -2.24. The quantitative estimate of drug-likeness (QED) is 0.706. The number of nitrogens with two attached hydrogens (primary N) is 1. The van der Waals surface area contributed by atoms with Crippen LogP contribution in [0.4, 0.5) is 0 Å². The van der Waals surface area contributed by atoms with Gasteiger partial charge in [0, 0.05) is 12.0 Å². The number of fused-ring (bicyclic) bond motifs is 3. The predicted molar refractivity (Wildman–Crippen MR) is 69.6 cm³/mol. The highest BCUT2D eigenvalue weighted by Crippen LogP contribution is 2.39. The standard InChI is InChI=1S/C12H15N7/c13-5-12(3-1-2-4-12)11-18-17-10-8-9(15-6-14-8)16-7-19(10)11/h6-7H,1-5,13H2,(H,14,15). The maximum atomic E-state index is 6.02. The molecule has 0 aromatic carbocycles. The fourth-order valence-corrected chi connectivity index (χ4v) is 3.17. The first-order chi connectivity index (χ1) is 9.34. The van der Waals surface area contributed by atoms with Crippen LogP contribution in [0.2, 0.25) is 0 Å². The lowest BCUT2D eigenvalue weighted by molar-refractivity contribution is 0.420. The van der Waals surface area contributed by atoms with E-state index in [2.05, 4.69) is 25.1 Å². The van der Waals surface area contributed by atoms with Crippen LogP contribution in [0.15, 0.2) is 12.7 Å². The molecule has 3 N–H and O–H groups in total. The van der Waals surface area contributed by atoms with Gasteiger partial charge in [-0.05, 0) is 12.8 Å². The predicted octanol–water partition coefficient (Wildman–Crippen LogP) is 0.771. The molecular formula is C12H15N7. The molecule has 0 radical (unpaired) electrons. The van der Waals surface area contributed by atoms with Gasteiger partial charge < -0.3 is 10.7 Å². The van der Waals surface area contributed by atoms with E-state index in [-0.39, 0.29) is 5.41 Å². The molecule has 0 atom stereocenters. The third-order valence-corrected chi connectivity index (χ3v) is 4.26. The van der Waals surface area contributed by atoms with E-state index in [9.17, 15) is 0 Å². The average molecular weight is 257 g/mol. The van der Waals surface area contributed by atoms with Gasteiger partial charge in [-0.15, -0.1) is 10.2 Å². The average Bonchev–Trinajstić information content (AvgIpc) is 3.16. The van der Waals surface area contributed by atoms with E-state index in [0.717, 1.165) is 29.8 Å². The second kappa shape index (κ2) is 3.74. The van der Waals surface area contributed by atoms with Crippen molar-refractivity contribution in [1.82, 2.24) is 29.5 Å². The molecule has 98 valence electrons. The topological polar surface area (TPSA) is 97.8 Å². The first-order valence-corrected chi connectivity index (χ1v) is 6.57. The second-order valence-electron chi connectivity index (χ2n) is 5.25. The lowest BCUT2D eigenvalue weighted by Crippen LogP contribution is -2.34. The summed E-state index contributed by atoms with van der Waals surface area (Å²) in [4.78, 5) is 11.5. The molecule has 0 saturated heterocycles. The van der Waals surface area contributed by atoms with E-state index in [4.69, 9.17) is 5.73 Å². The molecule has 0 unspecified atom stereocenters. The molecule has 7 nitrogen and oxygen atoms in total. The first kappa shape index (κ1) is 10.9. The maximum Gasteiger partial charge on any atom is 0.189 e. The Hall–Kier alpha value is -2.02. The van der Waals surface area contributed by atoms with E-state index < -0.39 is 0 Å². The molecule has 4 rings (SSSR count). The van der Waals surface area contributed by atoms with Gasteiger partial charge in [0.2, 0.25) is 0 Å². The van der Waals surface area contributed by atoms with Crippen molar-refractivity contribution in [3.8, 4) is 0 Å². The Bertz CT molecular complexity index is 735. The van der Waals surface area contributed by atoms with Crippen molar-refractivity contribution >= 4 is 16.8 Å². The summed E-state index contributed by atoms with van der Waals surface area (Å²) in [6, 6.07) is 0. The molecule has 19 heavy (non-hydrogen) atoms. The second-order valence-corrected chi connectivity index (χ2v) is 5.25. The minimum absolute atomic E-state index is 0.0468. The largest absolute Gasteiger partial charge is 0.340 e. The van der Waals surface area contributed by atoms with Gasteiger partial charge in [0.15, 0.2) is 11.3 Å². The third-order valence-electron chi connectivity index (χ3n) is 4.26. The monoisotopic (exact) mass is 257 g/mol. The summed E-state index contributed by atoms with van der Waals surface area (Å²) in [5.41, 5.74) is 8.24. The molecule has 1 aliphatic carbocycles. The highest BCUT2D eigenvalue weighted by Gasteiger charge is 2.38. The number of rotatable bonds is 2. The number of imidazole rings is 1. The summed E-state index contributed by atoms with van der Waals surface area (Å²) >= 11 is 0. The van der Waals surface area contributed by atoms with Crippen molar-refractivity contribution in [2.24, 2.45) is 5.73 Å². The molecule has 3 aromatic rings. The minimum Gasteiger partial charge on any atom is -0.340 e. The van der Waals surface area contributed by atoms with Gasteiger partial charge in [0.05, 0.1) is 6.33 Å². The Morgan fingerprint density at radius 3 is 2.89 bits per heavy atom. The summed E-state index contributed by atoms with van der Waals surface area (Å²) in [5.74, 6) is 0.937. The number of nitrogens with one attached hydrogen (secondary N) is 1. The van der Waals surface area contributed by atoms with Crippen LogP contribution in [-0.2, 0) is 5.41 Å². The van der Waals surface area contributed by atoms with Crippen LogP contribution in [0.25, 0.3) is 16.8 Å². The number of H-pyrrole nitrogens is 1. The van der Waals surface area contributed by atoms with Crippen molar-refractivity contribution in [2.45, 2.75) is 31.1 Å². The Kier molecular flexibility index (Phi) is 2.14. The van der Waals surface area contributed by atoms with E-state index in [1.165, 1.54) is 12.8 Å². The molecule has 0 spiro atoms. The number of nitrogens with zero attached hydrogens (tertiary/aromatic N) is 5. The summed E-state index contributed by atoms with van der Waals surface area (Å²) in [7, 11) is 0. The Balaban J connectivity index is 2.00. The zero-order chi connectivity index (χ0) is 12.9. The van der Waals surface area contributed by atoms with E-state index in [1.54, 1.807) is 12.7 Å². The number of aromatic amines is 1. The van der Waals surface area contributed by atoms with Gasteiger partial charge in [-0.3, -0.25) is 4.40 Å². The summed E-state index contributed by atoms with van der Waals surface area (Å²) < 4.78 is 1.96. The Morgan fingerprint density at radius 2 is 2.11 bits per heavy atom. The van der Waals surface area contributed by atoms with Crippen LogP contribution in [0, 0.1) is 0 Å². The summed E-state index contributed by atoms with van der Waals surface area (Å²) in [6.07, 6.45) is 7.93. The van der Waals surface area contributed by atoms with Gasteiger partial charge in [0.1, 0.15) is 17.7 Å². The zero-order valence-electron chi connectivity index (χ0n) is 10.5. The molecule has 0 bridgehead atoms. The van der Waals surface area contributed by atoms with Gasteiger partial charge in [0.25, 0.3) is 0 Å². The van der Waals surface area contributed by atoms with Crippen LogP contribution < -0.4 is 5.73 Å². The fraction of sp³-hybridized carbons (Fsp3) is 0.500. The van der Waals surface area contributed by atoms with E-state index >= 15 is 0 Å². The smallest absolute Gasteiger partial charge is 0.189 e. The van der Waals surface area contributed by atoms with Gasteiger partial charge in [-0.1, -0.05) is 12.8 Å². The number of aromatic nitrogens is 6. The van der Waals surface area contributed by atoms with Gasteiger partial charge in [-0.2, -0.15) is 0 Å². The zero-order valence-corrected chi connectivity index (χ0v) is 10.5. The highest BCUT2D eigenvalue weighted by atomic mass is 15.3. The Labute approximate surface area is 109 Å². The van der Waals surface area contributed by atoms with Crippen molar-refractivity contribution in [1.29, 1.82) is 0 Å². The normalized spacial score (nSPS) is 18.6. The van der Waals surface area contributed by atoms with E-state index in [0.29, 0.717) is 12.2 Å². The minimum atomic E-state index is -0.0468. The molecule has 1 saturated carbocycles. The van der Waals surface area contributed by atoms with Gasteiger partial charge >= 0.3 is 0 Å². The molecule has 1 fully saturated rings. The highest BCUT2D eigenvalue weighted by molar-refractivity contribution is 5.84. The van der Waals surface area contributed by atoms with E-state index in [1.807, 2.05) is 4.40 Å². The van der Waals surface area contributed by atoms with Gasteiger partial charge in [-0.25, -0.2) is 9.97 Å². The summed E-state index contributed by atoms with van der Waals surface area (Å²) in [5, 5.41) is 8.70. The van der Waals surface area contributed by atoms with Crippen LogP contribution in [0.1, 0.15) is 31.5 Å². The molecular weight excluding hydrogens is 242 g/mol. The molecule has 3 heterocycles. The Morgan fingerprint density at radius 1 is 1.26 bits per heavy atom. The number of hydrogen-bond donors (Lipinski definition) is 2. The van der Waals surface area contributed by atoms with Crippen LogP contribution in [0.5, 0.6) is 0 Å². The summed E-state index contributed by atoms with van der Waals surface area (Å²) in [6.45, 7) is 0.606.